The molecular weight excluding hydrogens is 648 g/mol. The van der Waals surface area contributed by atoms with Crippen molar-refractivity contribution in [2.75, 3.05) is 6.54 Å². The van der Waals surface area contributed by atoms with E-state index >= 15 is 0 Å². The van der Waals surface area contributed by atoms with Gasteiger partial charge >= 0.3 is 0 Å². The van der Waals surface area contributed by atoms with E-state index in [1.54, 1.807) is 36.9 Å². The molecule has 3 fully saturated rings. The smallest absolute Gasteiger partial charge is 0.281 e. The van der Waals surface area contributed by atoms with Crippen LogP contribution in [0, 0.1) is 18.3 Å². The van der Waals surface area contributed by atoms with E-state index < -0.39 is 44.3 Å². The number of hydrogen-bond acceptors (Lipinski definition) is 9. The van der Waals surface area contributed by atoms with E-state index in [1.165, 1.54) is 0 Å². The Hall–Kier alpha value is -3.71. The lowest BCUT2D eigenvalue weighted by Crippen LogP contribution is -2.68. The number of aromatic nitrogens is 1. The number of carbonyl (C=O) groups excluding carboxylic acids is 3. The molecule has 0 radical (unpaired) electrons. The highest BCUT2D eigenvalue weighted by Crippen LogP contribution is 2.57. The van der Waals surface area contributed by atoms with Crippen molar-refractivity contribution in [3.63, 3.8) is 0 Å². The molecule has 1 aromatic heterocycles. The molecule has 13 heteroatoms. The van der Waals surface area contributed by atoms with E-state index in [0.717, 1.165) is 25.7 Å². The van der Waals surface area contributed by atoms with Crippen molar-refractivity contribution >= 4 is 38.5 Å². The number of quaternary nitrogens is 1. The van der Waals surface area contributed by atoms with Crippen LogP contribution in [0.3, 0.4) is 0 Å². The number of hydrogen-bond donors (Lipinski definition) is 3. The molecule has 0 bridgehead atoms. The fourth-order valence-corrected chi connectivity index (χ4v) is 8.51. The number of ketones is 1. The van der Waals surface area contributed by atoms with Crippen LogP contribution in [0.2, 0.25) is 0 Å². The molecule has 2 aliphatic heterocycles. The molecular formula is C36H49N4O8S+. The van der Waals surface area contributed by atoms with Gasteiger partial charge in [-0.1, -0.05) is 18.6 Å². The van der Waals surface area contributed by atoms with Crippen LogP contribution in [-0.2, 0) is 24.4 Å². The number of nitrogens with one attached hydrogen (secondary N) is 1. The van der Waals surface area contributed by atoms with E-state index in [4.69, 9.17) is 9.47 Å². The summed E-state index contributed by atoms with van der Waals surface area (Å²) >= 11 is 0. The maximum Gasteiger partial charge on any atom is 0.281 e. The molecule has 4 aliphatic rings. The number of sulfonamides is 1. The SMILES string of the molecule is Cc1c(O)ccc2c(O[C@@H]3C[C@H]4C(=O)C[C@]5(C(=O)NS(=O)(=O)C6(C)CC6)C[C@@H]5/C=C\CCCCC[C@H]([NH3+])C(=O)N4C3)cc(OC(C)C)nc12. The lowest BCUT2D eigenvalue weighted by atomic mass is 9.91. The molecule has 2 aliphatic carbocycles. The van der Waals surface area contributed by atoms with Crippen molar-refractivity contribution in [2.45, 2.75) is 121 Å². The van der Waals surface area contributed by atoms with Gasteiger partial charge in [-0.2, -0.15) is 0 Å². The zero-order chi connectivity index (χ0) is 35.3. The minimum Gasteiger partial charge on any atom is -0.508 e. The lowest BCUT2D eigenvalue weighted by molar-refractivity contribution is -0.407. The Bertz CT molecular complexity index is 1790. The van der Waals surface area contributed by atoms with E-state index in [2.05, 4.69) is 15.4 Å². The van der Waals surface area contributed by atoms with Gasteiger partial charge < -0.3 is 25.2 Å². The van der Waals surface area contributed by atoms with E-state index in [9.17, 15) is 27.9 Å². The van der Waals surface area contributed by atoms with Crippen LogP contribution in [0.25, 0.3) is 10.9 Å². The van der Waals surface area contributed by atoms with Crippen LogP contribution >= 0.6 is 0 Å². The average molecular weight is 698 g/mol. The first-order chi connectivity index (χ1) is 23.1. The topological polar surface area (TPSA) is 180 Å². The van der Waals surface area contributed by atoms with Crippen molar-refractivity contribution < 1.29 is 43.1 Å². The van der Waals surface area contributed by atoms with Gasteiger partial charge in [0.15, 0.2) is 11.8 Å². The Labute approximate surface area is 287 Å². The number of ether oxygens (including phenoxy) is 2. The fourth-order valence-electron chi connectivity index (χ4n) is 7.17. The third-order valence-electron chi connectivity index (χ3n) is 10.8. The van der Waals surface area contributed by atoms with Crippen molar-refractivity contribution in [3.05, 3.63) is 35.9 Å². The maximum atomic E-state index is 14.3. The molecule has 266 valence electrons. The minimum absolute atomic E-state index is 0.0855. The Kier molecular flexibility index (Phi) is 9.46. The molecule has 49 heavy (non-hydrogen) atoms. The zero-order valence-electron chi connectivity index (χ0n) is 28.9. The second-order valence-electron chi connectivity index (χ2n) is 15.0. The molecule has 0 spiro atoms. The first-order valence-electron chi connectivity index (χ1n) is 17.5. The summed E-state index contributed by atoms with van der Waals surface area (Å²) in [6.45, 7) is 7.28. The number of fused-ring (bicyclic) bond motifs is 3. The average Bonchev–Trinajstić information content (AvgIpc) is 3.91. The minimum atomic E-state index is -3.90. The number of amides is 2. The predicted molar refractivity (Wildman–Crippen MR) is 182 cm³/mol. The number of aromatic hydroxyl groups is 1. The van der Waals surface area contributed by atoms with Gasteiger partial charge in [0, 0.05) is 36.3 Å². The summed E-state index contributed by atoms with van der Waals surface area (Å²) in [5.41, 5.74) is 4.04. The molecule has 2 aromatic rings. The number of rotatable bonds is 7. The number of carbonyl (C=O) groups is 3. The fraction of sp³-hybridized carbons (Fsp3) is 0.611. The monoisotopic (exact) mass is 697 g/mol. The molecule has 1 saturated heterocycles. The first-order valence-corrected chi connectivity index (χ1v) is 19.0. The summed E-state index contributed by atoms with van der Waals surface area (Å²) < 4.78 is 40.0. The zero-order valence-corrected chi connectivity index (χ0v) is 29.7. The van der Waals surface area contributed by atoms with Gasteiger partial charge in [-0.25, -0.2) is 13.4 Å². The molecule has 6 rings (SSSR count). The summed E-state index contributed by atoms with van der Waals surface area (Å²) in [7, 11) is -3.90. The molecule has 2 saturated carbocycles. The third-order valence-corrected chi connectivity index (χ3v) is 12.9. The summed E-state index contributed by atoms with van der Waals surface area (Å²) in [5, 5.41) is 11.0. The number of allylic oxidation sites excluding steroid dienone is 2. The van der Waals surface area contributed by atoms with Crippen LogP contribution in [0.4, 0.5) is 0 Å². The maximum absolute atomic E-state index is 14.3. The van der Waals surface area contributed by atoms with Crippen LogP contribution in [-0.4, -0.2) is 76.6 Å². The first kappa shape index (κ1) is 35.1. The molecule has 1 aromatic carbocycles. The Morgan fingerprint density at radius 2 is 1.94 bits per heavy atom. The number of nitrogens with zero attached hydrogens (tertiary/aromatic N) is 2. The summed E-state index contributed by atoms with van der Waals surface area (Å²) in [6.07, 6.45) is 8.59. The highest BCUT2D eigenvalue weighted by atomic mass is 32.2. The Morgan fingerprint density at radius 3 is 2.65 bits per heavy atom. The molecule has 5 atom stereocenters. The van der Waals surface area contributed by atoms with Gasteiger partial charge in [0.1, 0.15) is 17.6 Å². The van der Waals surface area contributed by atoms with Gasteiger partial charge in [-0.3, -0.25) is 19.1 Å². The van der Waals surface area contributed by atoms with Crippen LogP contribution in [0.1, 0.15) is 90.5 Å². The van der Waals surface area contributed by atoms with Crippen molar-refractivity contribution in [3.8, 4) is 17.4 Å². The van der Waals surface area contributed by atoms with E-state index in [0.29, 0.717) is 53.8 Å². The van der Waals surface area contributed by atoms with Gasteiger partial charge in [0.05, 0.1) is 34.4 Å². The number of phenolic OH excluding ortho intramolecular Hbond substituents is 1. The van der Waals surface area contributed by atoms with Crippen LogP contribution in [0.15, 0.2) is 30.4 Å². The summed E-state index contributed by atoms with van der Waals surface area (Å²) in [5.74, 6) is -0.606. The van der Waals surface area contributed by atoms with Crippen LogP contribution < -0.4 is 19.9 Å². The normalized spacial score (nSPS) is 29.4. The number of Topliss-reactive ketones (excluding diaryl/α,β-unsaturated/α-hetero) is 1. The lowest BCUT2D eigenvalue weighted by Gasteiger charge is -2.26. The predicted octanol–water partition coefficient (Wildman–Crippen LogP) is 3.48. The van der Waals surface area contributed by atoms with Crippen molar-refractivity contribution in [1.82, 2.24) is 14.6 Å². The van der Waals surface area contributed by atoms with Crippen molar-refractivity contribution in [2.24, 2.45) is 11.3 Å². The molecule has 5 N–H and O–H groups in total. The van der Waals surface area contributed by atoms with E-state index in [-0.39, 0.29) is 48.8 Å². The van der Waals surface area contributed by atoms with Gasteiger partial charge in [0.2, 0.25) is 21.8 Å². The second-order valence-corrected chi connectivity index (χ2v) is 17.2. The Morgan fingerprint density at radius 1 is 1.18 bits per heavy atom. The van der Waals surface area contributed by atoms with Gasteiger partial charge in [-0.15, -0.1) is 0 Å². The van der Waals surface area contributed by atoms with E-state index in [1.807, 2.05) is 26.0 Å². The molecule has 12 nitrogen and oxygen atoms in total. The highest BCUT2D eigenvalue weighted by Gasteiger charge is 2.62. The number of aryl methyl sites for hydroxylation is 1. The van der Waals surface area contributed by atoms with Crippen LogP contribution in [0.5, 0.6) is 17.4 Å². The number of benzene rings is 1. The summed E-state index contributed by atoms with van der Waals surface area (Å²) in [4.78, 5) is 48.1. The molecule has 0 unspecified atom stereocenters. The second kappa shape index (κ2) is 13.2. The number of phenols is 1. The molecule has 2 amide bonds. The standard InChI is InChI=1S/C36H48N4O8S/c1-21(2)47-31-17-30(25-12-13-28(41)22(3)32(25)38-31)48-24-16-27-29(42)19-36(34(44)39-49(45,46)35(4)14-15-35)18-23(36)10-8-6-5-7-9-11-26(37)33(43)40(27)20-24/h8,10,12-13,17,21,23-24,26-27,41H,5-7,9,11,14-16,18-20,37H2,1-4H3,(H,39,44)/p+1/b10-8-/t23-,24+,26-,27-,36+/m0/s1. The Balaban J connectivity index is 1.31. The van der Waals surface area contributed by atoms with Crippen molar-refractivity contribution in [1.29, 1.82) is 0 Å². The quantitative estimate of drug-likeness (QED) is 0.365. The number of pyridine rings is 1. The highest BCUT2D eigenvalue weighted by molar-refractivity contribution is 7.91. The summed E-state index contributed by atoms with van der Waals surface area (Å²) in [6, 6.07) is 3.55. The third kappa shape index (κ3) is 7.01. The molecule has 3 heterocycles. The largest absolute Gasteiger partial charge is 0.508 e. The van der Waals surface area contributed by atoms with Gasteiger partial charge in [-0.05, 0) is 84.3 Å². The van der Waals surface area contributed by atoms with Gasteiger partial charge in [0.25, 0.3) is 5.91 Å².